The molecule has 0 unspecified atom stereocenters. The number of carbonyl (C=O) groups excluding carboxylic acids is 1. The fourth-order valence-corrected chi connectivity index (χ4v) is 1.04. The number of allylic oxidation sites excluding steroid dienone is 2. The normalized spacial score (nSPS) is 18.3. The van der Waals surface area contributed by atoms with E-state index < -0.39 is 0 Å². The zero-order valence-electron chi connectivity index (χ0n) is 6.84. The lowest BCUT2D eigenvalue weighted by atomic mass is 10.3. The molecule has 1 aliphatic heterocycles. The Bertz CT molecular complexity index is 206. The molecule has 2 heteroatoms. The first-order valence-electron chi connectivity index (χ1n) is 3.83. The van der Waals surface area contributed by atoms with Crippen molar-refractivity contribution in [2.45, 2.75) is 19.8 Å². The monoisotopic (exact) mass is 151 g/mol. The van der Waals surface area contributed by atoms with Crippen LogP contribution in [0.3, 0.4) is 0 Å². The first-order chi connectivity index (χ1) is 5.20. The molecule has 0 aliphatic carbocycles. The van der Waals surface area contributed by atoms with E-state index in [0.29, 0.717) is 6.42 Å². The molecule has 0 atom stereocenters. The van der Waals surface area contributed by atoms with Crippen molar-refractivity contribution in [2.75, 3.05) is 6.54 Å². The summed E-state index contributed by atoms with van der Waals surface area (Å²) < 4.78 is 0. The van der Waals surface area contributed by atoms with Gasteiger partial charge in [-0.05, 0) is 19.4 Å². The lowest BCUT2D eigenvalue weighted by Crippen LogP contribution is -2.17. The van der Waals surface area contributed by atoms with Crippen LogP contribution in [0.1, 0.15) is 19.8 Å². The zero-order valence-corrected chi connectivity index (χ0v) is 6.84. The Hall–Kier alpha value is -1.05. The van der Waals surface area contributed by atoms with E-state index >= 15 is 0 Å². The van der Waals surface area contributed by atoms with Gasteiger partial charge in [0.2, 0.25) is 5.91 Å². The number of hydrogen-bond acceptors (Lipinski definition) is 1. The standard InChI is InChI=1S/C9H13NO/c1-8(2)5-7-10-6-3-4-9(10)11/h5,7H,1,3-4,6H2,2H3. The Morgan fingerprint density at radius 2 is 2.45 bits per heavy atom. The third-order valence-corrected chi connectivity index (χ3v) is 1.65. The van der Waals surface area contributed by atoms with Gasteiger partial charge in [0.25, 0.3) is 0 Å². The van der Waals surface area contributed by atoms with E-state index in [1.165, 1.54) is 0 Å². The summed E-state index contributed by atoms with van der Waals surface area (Å²) in [5.41, 5.74) is 0.977. The number of carbonyl (C=O) groups is 1. The first-order valence-corrected chi connectivity index (χ1v) is 3.83. The lowest BCUT2D eigenvalue weighted by molar-refractivity contribution is -0.125. The SMILES string of the molecule is C=C(C)C=CN1CCCC1=O. The molecule has 0 radical (unpaired) electrons. The van der Waals surface area contributed by atoms with E-state index in [2.05, 4.69) is 6.58 Å². The molecule has 0 bridgehead atoms. The van der Waals surface area contributed by atoms with Crippen molar-refractivity contribution < 1.29 is 4.79 Å². The Balaban J connectivity index is 2.48. The minimum absolute atomic E-state index is 0.225. The van der Waals surface area contributed by atoms with Gasteiger partial charge < -0.3 is 4.90 Å². The summed E-state index contributed by atoms with van der Waals surface area (Å²) >= 11 is 0. The van der Waals surface area contributed by atoms with E-state index in [4.69, 9.17) is 0 Å². The van der Waals surface area contributed by atoms with Crippen molar-refractivity contribution in [3.8, 4) is 0 Å². The molecule has 60 valence electrons. The van der Waals surface area contributed by atoms with E-state index in [-0.39, 0.29) is 5.91 Å². The van der Waals surface area contributed by atoms with Gasteiger partial charge in [0.15, 0.2) is 0 Å². The summed E-state index contributed by atoms with van der Waals surface area (Å²) in [7, 11) is 0. The number of rotatable bonds is 2. The number of hydrogen-bond donors (Lipinski definition) is 0. The molecule has 1 saturated heterocycles. The maximum Gasteiger partial charge on any atom is 0.226 e. The molecule has 1 aliphatic rings. The number of likely N-dealkylation sites (tertiary alicyclic amines) is 1. The average molecular weight is 151 g/mol. The summed E-state index contributed by atoms with van der Waals surface area (Å²) in [6.45, 7) is 6.49. The van der Waals surface area contributed by atoms with Gasteiger partial charge in [-0.3, -0.25) is 4.79 Å². The highest BCUT2D eigenvalue weighted by molar-refractivity contribution is 5.79. The molecule has 0 aromatic rings. The van der Waals surface area contributed by atoms with Gasteiger partial charge in [-0.25, -0.2) is 0 Å². The van der Waals surface area contributed by atoms with Crippen LogP contribution < -0.4 is 0 Å². The van der Waals surface area contributed by atoms with Crippen LogP contribution in [0, 0.1) is 0 Å². The first kappa shape index (κ1) is 8.05. The topological polar surface area (TPSA) is 20.3 Å². The Morgan fingerprint density at radius 3 is 2.91 bits per heavy atom. The van der Waals surface area contributed by atoms with Crippen molar-refractivity contribution in [3.63, 3.8) is 0 Å². The van der Waals surface area contributed by atoms with Gasteiger partial charge in [-0.2, -0.15) is 0 Å². The Kier molecular flexibility index (Phi) is 2.47. The van der Waals surface area contributed by atoms with Crippen molar-refractivity contribution in [1.29, 1.82) is 0 Å². The molecular weight excluding hydrogens is 138 g/mol. The second-order valence-corrected chi connectivity index (χ2v) is 2.85. The average Bonchev–Trinajstić information content (AvgIpc) is 2.31. The van der Waals surface area contributed by atoms with Crippen LogP contribution in [0.5, 0.6) is 0 Å². The molecule has 2 nitrogen and oxygen atoms in total. The third kappa shape index (κ3) is 2.22. The highest BCUT2D eigenvalue weighted by atomic mass is 16.2. The molecule has 1 fully saturated rings. The highest BCUT2D eigenvalue weighted by Gasteiger charge is 2.16. The predicted molar refractivity (Wildman–Crippen MR) is 44.9 cm³/mol. The largest absolute Gasteiger partial charge is 0.319 e. The van der Waals surface area contributed by atoms with E-state index in [0.717, 1.165) is 18.5 Å². The van der Waals surface area contributed by atoms with Crippen LogP contribution in [0.25, 0.3) is 0 Å². The van der Waals surface area contributed by atoms with Crippen LogP contribution in [0.15, 0.2) is 24.4 Å². The summed E-state index contributed by atoms with van der Waals surface area (Å²) in [6.07, 6.45) is 5.36. The van der Waals surface area contributed by atoms with Gasteiger partial charge in [0.1, 0.15) is 0 Å². The maximum absolute atomic E-state index is 11.0. The van der Waals surface area contributed by atoms with Gasteiger partial charge in [0.05, 0.1) is 0 Å². The van der Waals surface area contributed by atoms with Crippen LogP contribution in [0.2, 0.25) is 0 Å². The van der Waals surface area contributed by atoms with E-state index in [9.17, 15) is 4.79 Å². The summed E-state index contributed by atoms with van der Waals surface area (Å²) in [5.74, 6) is 0.225. The number of amides is 1. The van der Waals surface area contributed by atoms with E-state index in [1.54, 1.807) is 4.90 Å². The minimum Gasteiger partial charge on any atom is -0.319 e. The maximum atomic E-state index is 11.0. The van der Waals surface area contributed by atoms with Crippen LogP contribution in [-0.2, 0) is 4.79 Å². The minimum atomic E-state index is 0.225. The molecular formula is C9H13NO. The Morgan fingerprint density at radius 1 is 1.73 bits per heavy atom. The Labute approximate surface area is 67.2 Å². The van der Waals surface area contributed by atoms with Crippen LogP contribution >= 0.6 is 0 Å². The van der Waals surface area contributed by atoms with Crippen molar-refractivity contribution in [3.05, 3.63) is 24.4 Å². The second kappa shape index (κ2) is 3.37. The van der Waals surface area contributed by atoms with Crippen molar-refractivity contribution in [2.24, 2.45) is 0 Å². The quantitative estimate of drug-likeness (QED) is 0.550. The molecule has 1 rings (SSSR count). The summed E-state index contributed by atoms with van der Waals surface area (Å²) in [6, 6.07) is 0. The number of nitrogens with zero attached hydrogens (tertiary/aromatic N) is 1. The van der Waals surface area contributed by atoms with Crippen molar-refractivity contribution in [1.82, 2.24) is 4.90 Å². The fraction of sp³-hybridized carbons (Fsp3) is 0.444. The van der Waals surface area contributed by atoms with Crippen LogP contribution in [0.4, 0.5) is 0 Å². The van der Waals surface area contributed by atoms with Crippen LogP contribution in [-0.4, -0.2) is 17.4 Å². The molecule has 1 amide bonds. The fourth-order valence-electron chi connectivity index (χ4n) is 1.04. The molecule has 0 saturated carbocycles. The molecule has 11 heavy (non-hydrogen) atoms. The molecule has 0 aromatic carbocycles. The summed E-state index contributed by atoms with van der Waals surface area (Å²) in [5, 5.41) is 0. The van der Waals surface area contributed by atoms with Gasteiger partial charge in [-0.15, -0.1) is 0 Å². The zero-order chi connectivity index (χ0) is 8.27. The smallest absolute Gasteiger partial charge is 0.226 e. The van der Waals surface area contributed by atoms with Gasteiger partial charge in [-0.1, -0.05) is 12.2 Å². The molecule has 0 aromatic heterocycles. The van der Waals surface area contributed by atoms with E-state index in [1.807, 2.05) is 19.2 Å². The third-order valence-electron chi connectivity index (χ3n) is 1.65. The second-order valence-electron chi connectivity index (χ2n) is 2.85. The van der Waals surface area contributed by atoms with Gasteiger partial charge >= 0.3 is 0 Å². The summed E-state index contributed by atoms with van der Waals surface area (Å²) in [4.78, 5) is 12.8. The predicted octanol–water partition coefficient (Wildman–Crippen LogP) is 1.70. The van der Waals surface area contributed by atoms with Crippen molar-refractivity contribution >= 4 is 5.91 Å². The molecule has 0 spiro atoms. The van der Waals surface area contributed by atoms with Gasteiger partial charge in [0, 0.05) is 19.2 Å². The highest BCUT2D eigenvalue weighted by Crippen LogP contribution is 2.09. The lowest BCUT2D eigenvalue weighted by Gasteiger charge is -2.07. The molecule has 0 N–H and O–H groups in total. The molecule has 1 heterocycles.